The Hall–Kier alpha value is -2.58. The number of rotatable bonds is 4. The zero-order valence-electron chi connectivity index (χ0n) is 15.3. The summed E-state index contributed by atoms with van der Waals surface area (Å²) in [7, 11) is 1.43. The van der Waals surface area contributed by atoms with Gasteiger partial charge in [-0.1, -0.05) is 48.5 Å². The molecule has 1 amide bonds. The fourth-order valence-electron chi connectivity index (χ4n) is 3.38. The van der Waals surface area contributed by atoms with Crippen molar-refractivity contribution in [1.82, 2.24) is 5.32 Å². The van der Waals surface area contributed by atoms with Gasteiger partial charge in [0.05, 0.1) is 6.61 Å². The van der Waals surface area contributed by atoms with E-state index in [1.54, 1.807) is 24.3 Å². The molecule has 7 nitrogen and oxygen atoms in total. The Morgan fingerprint density at radius 3 is 2.39 bits per heavy atom. The van der Waals surface area contributed by atoms with Crippen molar-refractivity contribution in [1.29, 1.82) is 0 Å². The van der Waals surface area contributed by atoms with Gasteiger partial charge >= 0.3 is 0 Å². The van der Waals surface area contributed by atoms with Gasteiger partial charge in [-0.05, 0) is 12.1 Å². The zero-order chi connectivity index (χ0) is 19.5. The minimum atomic E-state index is -0.978. The second-order valence-electron chi connectivity index (χ2n) is 6.63. The van der Waals surface area contributed by atoms with E-state index in [1.165, 1.54) is 7.11 Å². The van der Waals surface area contributed by atoms with Crippen molar-refractivity contribution in [2.24, 2.45) is 0 Å². The van der Waals surface area contributed by atoms with Gasteiger partial charge in [0.2, 0.25) is 0 Å². The molecular weight excluding hydrogens is 362 g/mol. The fourth-order valence-corrected chi connectivity index (χ4v) is 3.38. The smallest absolute Gasteiger partial charge is 0.252 e. The van der Waals surface area contributed by atoms with Gasteiger partial charge in [-0.2, -0.15) is 0 Å². The number of amides is 1. The Morgan fingerprint density at radius 2 is 1.71 bits per heavy atom. The summed E-state index contributed by atoms with van der Waals surface area (Å²) >= 11 is 0. The maximum atomic E-state index is 13.1. The molecule has 2 aromatic carbocycles. The van der Waals surface area contributed by atoms with E-state index < -0.39 is 30.8 Å². The van der Waals surface area contributed by atoms with Crippen LogP contribution in [0.3, 0.4) is 0 Å². The molecule has 0 aliphatic carbocycles. The minimum absolute atomic E-state index is 0.190. The number of ether oxygens (including phenoxy) is 4. The van der Waals surface area contributed by atoms with E-state index in [-0.39, 0.29) is 18.3 Å². The van der Waals surface area contributed by atoms with Crippen LogP contribution in [0.5, 0.6) is 0 Å². The molecule has 0 aromatic heterocycles. The van der Waals surface area contributed by atoms with Gasteiger partial charge < -0.3 is 24.3 Å². The van der Waals surface area contributed by atoms with Crippen molar-refractivity contribution in [2.75, 3.05) is 13.7 Å². The maximum absolute atomic E-state index is 13.1. The molecule has 2 aromatic rings. The number of ketones is 1. The highest BCUT2D eigenvalue weighted by molar-refractivity contribution is 5.99. The van der Waals surface area contributed by atoms with Crippen LogP contribution >= 0.6 is 0 Å². The van der Waals surface area contributed by atoms with Crippen molar-refractivity contribution in [2.45, 2.75) is 30.8 Å². The van der Waals surface area contributed by atoms with E-state index in [1.807, 2.05) is 36.4 Å². The van der Waals surface area contributed by atoms with Crippen LogP contribution < -0.4 is 5.32 Å². The van der Waals surface area contributed by atoms with Gasteiger partial charge in [-0.25, -0.2) is 0 Å². The second kappa shape index (κ2) is 8.20. The lowest BCUT2D eigenvalue weighted by molar-refractivity contribution is -0.302. The molecule has 1 N–H and O–H groups in total. The summed E-state index contributed by atoms with van der Waals surface area (Å²) in [5.41, 5.74) is 1.26. The molecule has 2 heterocycles. The predicted octanol–water partition coefficient (Wildman–Crippen LogP) is 1.84. The largest absolute Gasteiger partial charge is 0.353 e. The molecule has 0 spiro atoms. The molecule has 2 fully saturated rings. The van der Waals surface area contributed by atoms with Crippen LogP contribution in [-0.4, -0.2) is 49.9 Å². The Bertz CT molecular complexity index is 827. The van der Waals surface area contributed by atoms with Gasteiger partial charge in [-0.15, -0.1) is 0 Å². The fraction of sp³-hybridized carbons (Fsp3) is 0.333. The SMILES string of the molecule is CO[C@@H]1O[C@H]2CO[C@H](c3ccccc3)O[C@@H]2C(=O)[C@@H]1NC(=O)c1ccccc1. The quantitative estimate of drug-likeness (QED) is 0.868. The van der Waals surface area contributed by atoms with Crippen LogP contribution in [0.15, 0.2) is 60.7 Å². The van der Waals surface area contributed by atoms with Crippen LogP contribution in [-0.2, 0) is 23.7 Å². The number of carbonyl (C=O) groups excluding carboxylic acids is 2. The third-order valence-corrected chi connectivity index (χ3v) is 4.81. The summed E-state index contributed by atoms with van der Waals surface area (Å²) in [6, 6.07) is 17.1. The summed E-state index contributed by atoms with van der Waals surface area (Å²) in [4.78, 5) is 25.6. The van der Waals surface area contributed by atoms with Crippen LogP contribution in [0.25, 0.3) is 0 Å². The lowest BCUT2D eigenvalue weighted by Gasteiger charge is -2.43. The predicted molar refractivity (Wildman–Crippen MR) is 98.4 cm³/mol. The highest BCUT2D eigenvalue weighted by Crippen LogP contribution is 2.32. The van der Waals surface area contributed by atoms with E-state index in [0.717, 1.165) is 5.56 Å². The Labute approximate surface area is 162 Å². The molecular formula is C21H21NO6. The average Bonchev–Trinajstić information content (AvgIpc) is 2.76. The van der Waals surface area contributed by atoms with Crippen LogP contribution in [0, 0.1) is 0 Å². The molecule has 2 aliphatic rings. The maximum Gasteiger partial charge on any atom is 0.252 e. The summed E-state index contributed by atoms with van der Waals surface area (Å²) in [5.74, 6) is -0.675. The van der Waals surface area contributed by atoms with Crippen LogP contribution in [0.1, 0.15) is 22.2 Å². The topological polar surface area (TPSA) is 83.1 Å². The first-order valence-corrected chi connectivity index (χ1v) is 9.07. The lowest BCUT2D eigenvalue weighted by atomic mass is 9.97. The number of benzene rings is 2. The van der Waals surface area contributed by atoms with Crippen molar-refractivity contribution < 1.29 is 28.5 Å². The standard InChI is InChI=1S/C21H21NO6/c1-25-21-16(22-19(24)13-8-4-2-5-9-13)17(23)18-15(27-21)12-26-20(28-18)14-10-6-3-7-11-14/h2-11,15-16,18,20-21H,12H2,1H3,(H,22,24)/t15-,16-,18-,20-,21+/m0/s1. The Balaban J connectivity index is 1.51. The summed E-state index contributed by atoms with van der Waals surface area (Å²) in [6.07, 6.45) is -3.03. The first kappa shape index (κ1) is 18.8. The van der Waals surface area contributed by atoms with Gasteiger partial charge in [0.15, 0.2) is 18.4 Å². The monoisotopic (exact) mass is 383 g/mol. The number of fused-ring (bicyclic) bond motifs is 1. The summed E-state index contributed by atoms with van der Waals surface area (Å²) in [6.45, 7) is 0.190. The van der Waals surface area contributed by atoms with Crippen molar-refractivity contribution in [3.8, 4) is 0 Å². The molecule has 7 heteroatoms. The number of nitrogens with one attached hydrogen (secondary N) is 1. The Morgan fingerprint density at radius 1 is 1.04 bits per heavy atom. The van der Waals surface area contributed by atoms with E-state index in [9.17, 15) is 9.59 Å². The average molecular weight is 383 g/mol. The third kappa shape index (κ3) is 3.70. The number of carbonyl (C=O) groups is 2. The number of hydrogen-bond donors (Lipinski definition) is 1. The van der Waals surface area contributed by atoms with E-state index in [4.69, 9.17) is 18.9 Å². The van der Waals surface area contributed by atoms with Gasteiger partial charge in [0.25, 0.3) is 5.91 Å². The molecule has 2 saturated heterocycles. The lowest BCUT2D eigenvalue weighted by Crippen LogP contribution is -2.64. The minimum Gasteiger partial charge on any atom is -0.353 e. The second-order valence-corrected chi connectivity index (χ2v) is 6.63. The van der Waals surface area contributed by atoms with Gasteiger partial charge in [0.1, 0.15) is 18.2 Å². The number of Topliss-reactive ketones (excluding diaryl/α,β-unsaturated/α-hetero) is 1. The molecule has 0 saturated carbocycles. The summed E-state index contributed by atoms with van der Waals surface area (Å²) < 4.78 is 22.8. The van der Waals surface area contributed by atoms with Crippen molar-refractivity contribution in [3.63, 3.8) is 0 Å². The first-order valence-electron chi connectivity index (χ1n) is 9.07. The molecule has 0 bridgehead atoms. The zero-order valence-corrected chi connectivity index (χ0v) is 15.3. The van der Waals surface area contributed by atoms with Crippen LogP contribution in [0.4, 0.5) is 0 Å². The summed E-state index contributed by atoms with van der Waals surface area (Å²) in [5, 5.41) is 2.71. The van der Waals surface area contributed by atoms with Crippen LogP contribution in [0.2, 0.25) is 0 Å². The normalized spacial score (nSPS) is 29.8. The van der Waals surface area contributed by atoms with Crippen molar-refractivity contribution >= 4 is 11.7 Å². The van der Waals surface area contributed by atoms with Gasteiger partial charge in [-0.3, -0.25) is 9.59 Å². The first-order chi connectivity index (χ1) is 13.7. The van der Waals surface area contributed by atoms with Crippen molar-refractivity contribution in [3.05, 3.63) is 71.8 Å². The highest BCUT2D eigenvalue weighted by Gasteiger charge is 2.50. The van der Waals surface area contributed by atoms with E-state index in [2.05, 4.69) is 5.32 Å². The molecule has 5 atom stereocenters. The molecule has 4 rings (SSSR count). The third-order valence-electron chi connectivity index (χ3n) is 4.81. The Kier molecular flexibility index (Phi) is 5.50. The number of methoxy groups -OCH3 is 1. The van der Waals surface area contributed by atoms with Gasteiger partial charge in [0, 0.05) is 18.2 Å². The number of hydrogen-bond acceptors (Lipinski definition) is 6. The highest BCUT2D eigenvalue weighted by atomic mass is 16.7. The molecule has 0 radical (unpaired) electrons. The molecule has 146 valence electrons. The van der Waals surface area contributed by atoms with E-state index in [0.29, 0.717) is 5.56 Å². The van der Waals surface area contributed by atoms with E-state index >= 15 is 0 Å². The molecule has 0 unspecified atom stereocenters. The molecule has 28 heavy (non-hydrogen) atoms. The molecule has 2 aliphatic heterocycles.